The van der Waals surface area contributed by atoms with Gasteiger partial charge in [-0.05, 0) is 32.0 Å². The lowest BCUT2D eigenvalue weighted by molar-refractivity contribution is 0.0702. The van der Waals surface area contributed by atoms with Crippen LogP contribution in [0.1, 0.15) is 34.9 Å². The third kappa shape index (κ3) is 4.70. The molecular formula is C17H23ClN4O3. The molecule has 2 aromatic rings. The summed E-state index contributed by atoms with van der Waals surface area (Å²) in [6, 6.07) is 7.77. The molecule has 1 saturated heterocycles. The predicted octanol–water partition coefficient (Wildman–Crippen LogP) is 2.20. The zero-order chi connectivity index (χ0) is 16.9. The van der Waals surface area contributed by atoms with Crippen LogP contribution in [0.15, 0.2) is 28.8 Å². The molecule has 1 aliphatic rings. The van der Waals surface area contributed by atoms with E-state index in [9.17, 15) is 4.79 Å². The molecule has 2 heterocycles. The second kappa shape index (κ2) is 8.82. The van der Waals surface area contributed by atoms with E-state index in [1.807, 2.05) is 24.1 Å². The minimum absolute atomic E-state index is 0. The highest BCUT2D eigenvalue weighted by atomic mass is 35.5. The molecule has 0 saturated carbocycles. The van der Waals surface area contributed by atoms with Crippen molar-refractivity contribution in [3.8, 4) is 5.75 Å². The van der Waals surface area contributed by atoms with Gasteiger partial charge in [0.05, 0.1) is 5.56 Å². The molecule has 1 fully saturated rings. The highest BCUT2D eigenvalue weighted by molar-refractivity contribution is 5.97. The quantitative estimate of drug-likeness (QED) is 0.873. The first kappa shape index (κ1) is 19.2. The Hall–Kier alpha value is -2.12. The molecular weight excluding hydrogens is 344 g/mol. The molecule has 0 bridgehead atoms. The number of ether oxygens (including phenoxy) is 1. The average molecular weight is 367 g/mol. The minimum atomic E-state index is 0. The van der Waals surface area contributed by atoms with E-state index in [1.54, 1.807) is 19.1 Å². The number of hydrogen-bond donors (Lipinski definition) is 1. The summed E-state index contributed by atoms with van der Waals surface area (Å²) < 4.78 is 10.7. The van der Waals surface area contributed by atoms with Crippen LogP contribution in [0.25, 0.3) is 0 Å². The lowest BCUT2D eigenvalue weighted by Gasteiger charge is -2.32. The molecule has 1 aromatic heterocycles. The normalized spacial score (nSPS) is 14.9. The van der Waals surface area contributed by atoms with E-state index < -0.39 is 0 Å². The summed E-state index contributed by atoms with van der Waals surface area (Å²) in [6.45, 7) is 3.40. The van der Waals surface area contributed by atoms with Gasteiger partial charge < -0.3 is 19.5 Å². The van der Waals surface area contributed by atoms with Gasteiger partial charge in [-0.1, -0.05) is 17.3 Å². The first-order chi connectivity index (χ1) is 11.7. The summed E-state index contributed by atoms with van der Waals surface area (Å²) in [6.07, 6.45) is 1.93. The van der Waals surface area contributed by atoms with E-state index in [0.717, 1.165) is 25.9 Å². The molecule has 0 spiro atoms. The number of nitrogens with zero attached hydrogens (tertiary/aromatic N) is 3. The maximum atomic E-state index is 12.8. The summed E-state index contributed by atoms with van der Waals surface area (Å²) >= 11 is 0. The standard InChI is InChI=1S/C17H22N4O3.ClH/c1-12-19-16(20-24-12)11-23-15-6-4-3-5-14(15)17(22)21-9-7-13(18-2)8-10-21;/h3-6,13,18H,7-11H2,1-2H3;1H. The van der Waals surface area contributed by atoms with Crippen molar-refractivity contribution in [3.63, 3.8) is 0 Å². The van der Waals surface area contributed by atoms with Crippen molar-refractivity contribution in [2.75, 3.05) is 20.1 Å². The van der Waals surface area contributed by atoms with Crippen molar-refractivity contribution in [1.29, 1.82) is 0 Å². The van der Waals surface area contributed by atoms with Crippen molar-refractivity contribution in [2.24, 2.45) is 0 Å². The SMILES string of the molecule is CNC1CCN(C(=O)c2ccccc2OCc2noc(C)n2)CC1.Cl. The summed E-state index contributed by atoms with van der Waals surface area (Å²) in [5.41, 5.74) is 0.570. The van der Waals surface area contributed by atoms with Crippen molar-refractivity contribution < 1.29 is 14.1 Å². The number of nitrogens with one attached hydrogen (secondary N) is 1. The van der Waals surface area contributed by atoms with Crippen molar-refractivity contribution in [3.05, 3.63) is 41.5 Å². The highest BCUT2D eigenvalue weighted by Gasteiger charge is 2.24. The van der Waals surface area contributed by atoms with Crippen LogP contribution in [0, 0.1) is 6.92 Å². The first-order valence-corrected chi connectivity index (χ1v) is 8.15. The van der Waals surface area contributed by atoms with Crippen LogP contribution in [0.2, 0.25) is 0 Å². The van der Waals surface area contributed by atoms with Gasteiger partial charge in [-0.2, -0.15) is 4.98 Å². The molecule has 7 nitrogen and oxygen atoms in total. The Bertz CT molecular complexity index is 699. The average Bonchev–Trinajstić information content (AvgIpc) is 3.05. The van der Waals surface area contributed by atoms with Gasteiger partial charge in [-0.3, -0.25) is 4.79 Å². The molecule has 0 radical (unpaired) electrons. The fraction of sp³-hybridized carbons (Fsp3) is 0.471. The number of para-hydroxylation sites is 1. The molecule has 1 aromatic carbocycles. The molecule has 0 aliphatic carbocycles. The first-order valence-electron chi connectivity index (χ1n) is 8.15. The van der Waals surface area contributed by atoms with Gasteiger partial charge >= 0.3 is 0 Å². The van der Waals surface area contributed by atoms with E-state index in [2.05, 4.69) is 15.5 Å². The second-order valence-corrected chi connectivity index (χ2v) is 5.87. The molecule has 0 atom stereocenters. The number of halogens is 1. The van der Waals surface area contributed by atoms with Gasteiger partial charge in [0.25, 0.3) is 5.91 Å². The zero-order valence-electron chi connectivity index (χ0n) is 14.4. The van der Waals surface area contributed by atoms with E-state index in [-0.39, 0.29) is 24.9 Å². The number of carbonyl (C=O) groups is 1. The fourth-order valence-electron chi connectivity index (χ4n) is 2.85. The Morgan fingerprint density at radius 3 is 2.72 bits per heavy atom. The topological polar surface area (TPSA) is 80.5 Å². The van der Waals surface area contributed by atoms with E-state index in [1.165, 1.54) is 0 Å². The third-order valence-electron chi connectivity index (χ3n) is 4.23. The summed E-state index contributed by atoms with van der Waals surface area (Å²) in [7, 11) is 1.96. The number of likely N-dealkylation sites (tertiary alicyclic amines) is 1. The molecule has 1 amide bonds. The van der Waals surface area contributed by atoms with Gasteiger partial charge in [-0.25, -0.2) is 0 Å². The number of benzene rings is 1. The smallest absolute Gasteiger partial charge is 0.257 e. The number of aromatic nitrogens is 2. The summed E-state index contributed by atoms with van der Waals surface area (Å²) in [5.74, 6) is 1.50. The Balaban J connectivity index is 0.00000225. The van der Waals surface area contributed by atoms with Gasteiger partial charge in [0.1, 0.15) is 5.75 Å². The third-order valence-corrected chi connectivity index (χ3v) is 4.23. The molecule has 1 N–H and O–H groups in total. The predicted molar refractivity (Wildman–Crippen MR) is 95.0 cm³/mol. The maximum Gasteiger partial charge on any atom is 0.257 e. The largest absolute Gasteiger partial charge is 0.485 e. The van der Waals surface area contributed by atoms with Crippen molar-refractivity contribution in [1.82, 2.24) is 20.4 Å². The number of rotatable bonds is 5. The van der Waals surface area contributed by atoms with Gasteiger partial charge in [-0.15, -0.1) is 12.4 Å². The van der Waals surface area contributed by atoms with Crippen LogP contribution < -0.4 is 10.1 Å². The monoisotopic (exact) mass is 366 g/mol. The van der Waals surface area contributed by atoms with Gasteiger partial charge in [0, 0.05) is 26.1 Å². The Kier molecular flexibility index (Phi) is 6.78. The Labute approximate surface area is 153 Å². The number of hydrogen-bond acceptors (Lipinski definition) is 6. The van der Waals surface area contributed by atoms with E-state index in [0.29, 0.717) is 29.1 Å². The van der Waals surface area contributed by atoms with Gasteiger partial charge in [0.2, 0.25) is 11.7 Å². The van der Waals surface area contributed by atoms with Crippen molar-refractivity contribution >= 4 is 18.3 Å². The molecule has 8 heteroatoms. The Morgan fingerprint density at radius 1 is 1.36 bits per heavy atom. The number of piperidine rings is 1. The van der Waals surface area contributed by atoms with E-state index >= 15 is 0 Å². The Morgan fingerprint density at radius 2 is 2.08 bits per heavy atom. The minimum Gasteiger partial charge on any atom is -0.485 e. The molecule has 3 rings (SSSR count). The highest BCUT2D eigenvalue weighted by Crippen LogP contribution is 2.22. The second-order valence-electron chi connectivity index (χ2n) is 5.87. The van der Waals surface area contributed by atoms with Crippen LogP contribution in [-0.4, -0.2) is 47.1 Å². The van der Waals surface area contributed by atoms with Crippen LogP contribution in [0.5, 0.6) is 5.75 Å². The lowest BCUT2D eigenvalue weighted by atomic mass is 10.0. The number of amides is 1. The summed E-state index contributed by atoms with van der Waals surface area (Å²) in [4.78, 5) is 18.8. The van der Waals surface area contributed by atoms with Crippen LogP contribution in [-0.2, 0) is 6.61 Å². The van der Waals surface area contributed by atoms with Crippen molar-refractivity contribution in [2.45, 2.75) is 32.4 Å². The fourth-order valence-corrected chi connectivity index (χ4v) is 2.85. The maximum absolute atomic E-state index is 12.8. The van der Waals surface area contributed by atoms with Crippen LogP contribution >= 0.6 is 12.4 Å². The van der Waals surface area contributed by atoms with Gasteiger partial charge in [0.15, 0.2) is 6.61 Å². The number of aryl methyl sites for hydroxylation is 1. The lowest BCUT2D eigenvalue weighted by Crippen LogP contribution is -2.44. The summed E-state index contributed by atoms with van der Waals surface area (Å²) in [5, 5.41) is 7.07. The van der Waals surface area contributed by atoms with Crippen LogP contribution in [0.4, 0.5) is 0 Å². The van der Waals surface area contributed by atoms with E-state index in [4.69, 9.17) is 9.26 Å². The molecule has 136 valence electrons. The molecule has 25 heavy (non-hydrogen) atoms. The zero-order valence-corrected chi connectivity index (χ0v) is 15.2. The molecule has 0 unspecified atom stereocenters. The molecule has 1 aliphatic heterocycles. The number of carbonyl (C=O) groups excluding carboxylic acids is 1. The van der Waals surface area contributed by atoms with Crippen LogP contribution in [0.3, 0.4) is 0 Å².